The van der Waals surface area contributed by atoms with E-state index in [-0.39, 0.29) is 11.9 Å². The lowest BCUT2D eigenvalue weighted by atomic mass is 10.0. The van der Waals surface area contributed by atoms with Gasteiger partial charge in [0, 0.05) is 35.5 Å². The van der Waals surface area contributed by atoms with E-state index >= 15 is 0 Å². The van der Waals surface area contributed by atoms with E-state index in [1.165, 1.54) is 12.3 Å². The van der Waals surface area contributed by atoms with Gasteiger partial charge in [-0.1, -0.05) is 0 Å². The van der Waals surface area contributed by atoms with E-state index in [0.29, 0.717) is 41.1 Å². The number of likely N-dealkylation sites (N-methyl/N-ethyl adjacent to an activating group) is 1. The Morgan fingerprint density at radius 2 is 1.88 bits per heavy atom. The van der Waals surface area contributed by atoms with Crippen molar-refractivity contribution in [2.24, 2.45) is 11.8 Å². The van der Waals surface area contributed by atoms with Crippen molar-refractivity contribution >= 4 is 5.82 Å². The molecule has 174 valence electrons. The fourth-order valence-electron chi connectivity index (χ4n) is 5.35. The van der Waals surface area contributed by atoms with Gasteiger partial charge in [-0.2, -0.15) is 5.10 Å². The fourth-order valence-corrected chi connectivity index (χ4v) is 5.35. The van der Waals surface area contributed by atoms with Gasteiger partial charge in [0.1, 0.15) is 0 Å². The van der Waals surface area contributed by atoms with Crippen molar-refractivity contribution in [3.63, 3.8) is 0 Å². The Hall–Kier alpha value is -2.33. The minimum Gasteiger partial charge on any atom is -0.402 e. The van der Waals surface area contributed by atoms with Crippen molar-refractivity contribution in [3.8, 4) is 17.0 Å². The molecule has 0 radical (unpaired) electrons. The number of nitrogens with zero attached hydrogens (tertiary/aromatic N) is 4. The van der Waals surface area contributed by atoms with Gasteiger partial charge in [-0.05, 0) is 57.7 Å². The quantitative estimate of drug-likeness (QED) is 0.719. The van der Waals surface area contributed by atoms with Crippen LogP contribution in [0.1, 0.15) is 44.3 Å². The lowest BCUT2D eigenvalue weighted by molar-refractivity contribution is -0.274. The number of ether oxygens (including phenoxy) is 2. The van der Waals surface area contributed by atoms with Crippen LogP contribution in [0.2, 0.25) is 0 Å². The van der Waals surface area contributed by atoms with Crippen molar-refractivity contribution in [2.75, 3.05) is 26.0 Å². The summed E-state index contributed by atoms with van der Waals surface area (Å²) in [4.78, 5) is 6.36. The third-order valence-corrected chi connectivity index (χ3v) is 7.19. The summed E-state index contributed by atoms with van der Waals surface area (Å²) in [6.45, 7) is 5.77. The molecule has 2 saturated carbocycles. The first-order chi connectivity index (χ1) is 15.1. The molecule has 0 amide bonds. The zero-order valence-corrected chi connectivity index (χ0v) is 18.3. The van der Waals surface area contributed by atoms with Crippen molar-refractivity contribution in [1.29, 1.82) is 0 Å². The standard InChI is InChI=1S/C22H28F3N5O2/c1-11(2)30-18(20-15-5-13(6-16(15)20)29(3)14-9-31-10-14)7-17(28-30)12-4-19(21(26)27-8-12)32-22(23,24)25/h4,7-8,11,13-16,20H,5-6,9-10H2,1-3H3,(H2,26,27)/t13-,15-,16+,20+. The Labute approximate surface area is 184 Å². The van der Waals surface area contributed by atoms with Gasteiger partial charge in [0.2, 0.25) is 0 Å². The monoisotopic (exact) mass is 451 g/mol. The highest BCUT2D eigenvalue weighted by Crippen LogP contribution is 2.64. The number of nitrogen functional groups attached to an aromatic ring is 1. The first-order valence-electron chi connectivity index (χ1n) is 11.0. The number of halogens is 3. The van der Waals surface area contributed by atoms with Gasteiger partial charge in [0.15, 0.2) is 11.6 Å². The van der Waals surface area contributed by atoms with E-state index in [1.54, 1.807) is 0 Å². The van der Waals surface area contributed by atoms with E-state index in [4.69, 9.17) is 15.6 Å². The van der Waals surface area contributed by atoms with Gasteiger partial charge in [-0.3, -0.25) is 9.58 Å². The highest BCUT2D eigenvalue weighted by molar-refractivity contribution is 5.64. The van der Waals surface area contributed by atoms with Crippen molar-refractivity contribution < 1.29 is 22.6 Å². The molecule has 10 heteroatoms. The van der Waals surface area contributed by atoms with Crippen molar-refractivity contribution in [2.45, 2.75) is 57.1 Å². The lowest BCUT2D eigenvalue weighted by Gasteiger charge is -2.39. The summed E-state index contributed by atoms with van der Waals surface area (Å²) in [6, 6.07) is 4.51. The summed E-state index contributed by atoms with van der Waals surface area (Å²) in [5.74, 6) is 0.870. The Morgan fingerprint density at radius 3 is 2.44 bits per heavy atom. The molecule has 1 aliphatic heterocycles. The molecule has 1 saturated heterocycles. The maximum atomic E-state index is 12.7. The van der Waals surface area contributed by atoms with E-state index in [2.05, 4.69) is 35.5 Å². The van der Waals surface area contributed by atoms with E-state index < -0.39 is 12.1 Å². The third kappa shape index (κ3) is 3.83. The zero-order chi connectivity index (χ0) is 22.8. The molecule has 0 unspecified atom stereocenters. The van der Waals surface area contributed by atoms with E-state index in [0.717, 1.165) is 31.7 Å². The fraction of sp³-hybridized carbons (Fsp3) is 0.636. The van der Waals surface area contributed by atoms with Crippen LogP contribution in [-0.4, -0.2) is 58.4 Å². The molecule has 0 bridgehead atoms. The maximum absolute atomic E-state index is 12.7. The molecule has 2 N–H and O–H groups in total. The second-order valence-corrected chi connectivity index (χ2v) is 9.48. The predicted molar refractivity (Wildman–Crippen MR) is 112 cm³/mol. The number of anilines is 1. The average molecular weight is 451 g/mol. The molecule has 7 nitrogen and oxygen atoms in total. The topological polar surface area (TPSA) is 78.4 Å². The molecule has 4 atom stereocenters. The van der Waals surface area contributed by atoms with Crippen LogP contribution in [0.15, 0.2) is 18.3 Å². The second-order valence-electron chi connectivity index (χ2n) is 9.48. The van der Waals surface area contributed by atoms with Crippen LogP contribution in [-0.2, 0) is 4.74 Å². The molecule has 2 aliphatic carbocycles. The van der Waals surface area contributed by atoms with Crippen LogP contribution >= 0.6 is 0 Å². The van der Waals surface area contributed by atoms with E-state index in [9.17, 15) is 13.2 Å². The summed E-state index contributed by atoms with van der Waals surface area (Å²) < 4.78 is 49.5. The minimum absolute atomic E-state index is 0.137. The summed E-state index contributed by atoms with van der Waals surface area (Å²) in [7, 11) is 2.20. The summed E-state index contributed by atoms with van der Waals surface area (Å²) >= 11 is 0. The van der Waals surface area contributed by atoms with E-state index in [1.807, 2.05) is 10.7 Å². The molecule has 2 aromatic heterocycles. The van der Waals surface area contributed by atoms with Crippen LogP contribution < -0.4 is 10.5 Å². The summed E-state index contributed by atoms with van der Waals surface area (Å²) in [6.07, 6.45) is -1.08. The highest BCUT2D eigenvalue weighted by Gasteiger charge is 2.59. The number of hydrogen-bond acceptors (Lipinski definition) is 6. The second kappa shape index (κ2) is 7.62. The summed E-state index contributed by atoms with van der Waals surface area (Å²) in [5, 5.41) is 4.71. The average Bonchev–Trinajstić information content (AvgIpc) is 3.04. The van der Waals surface area contributed by atoms with Crippen LogP contribution in [0.4, 0.5) is 19.0 Å². The lowest BCUT2D eigenvalue weighted by Crippen LogP contribution is -2.51. The molecular weight excluding hydrogens is 423 g/mol. The number of fused-ring (bicyclic) bond motifs is 1. The number of pyridine rings is 1. The van der Waals surface area contributed by atoms with Crippen LogP contribution in [0, 0.1) is 11.8 Å². The molecule has 32 heavy (non-hydrogen) atoms. The first kappa shape index (κ1) is 21.5. The van der Waals surface area contributed by atoms with Crippen molar-refractivity contribution in [1.82, 2.24) is 19.7 Å². The molecule has 0 spiro atoms. The van der Waals surface area contributed by atoms with Crippen molar-refractivity contribution in [3.05, 3.63) is 24.0 Å². The Morgan fingerprint density at radius 1 is 1.19 bits per heavy atom. The Balaban J connectivity index is 1.36. The van der Waals surface area contributed by atoms with Gasteiger partial charge in [-0.15, -0.1) is 13.2 Å². The Kier molecular flexibility index (Phi) is 5.12. The largest absolute Gasteiger partial charge is 0.573 e. The normalized spacial score (nSPS) is 27.6. The smallest absolute Gasteiger partial charge is 0.402 e. The first-order valence-corrected chi connectivity index (χ1v) is 11.0. The maximum Gasteiger partial charge on any atom is 0.573 e. The van der Waals surface area contributed by atoms with Crippen LogP contribution in [0.25, 0.3) is 11.3 Å². The molecule has 3 aliphatic rings. The Bertz CT molecular complexity index is 992. The molecule has 3 heterocycles. The van der Waals surface area contributed by atoms with Gasteiger partial charge in [0.25, 0.3) is 0 Å². The van der Waals surface area contributed by atoms with Gasteiger partial charge < -0.3 is 15.2 Å². The third-order valence-electron chi connectivity index (χ3n) is 7.19. The summed E-state index contributed by atoms with van der Waals surface area (Å²) in [5.41, 5.74) is 7.76. The van der Waals surface area contributed by atoms with Gasteiger partial charge in [-0.25, -0.2) is 4.98 Å². The molecule has 2 aromatic rings. The highest BCUT2D eigenvalue weighted by atomic mass is 19.4. The minimum atomic E-state index is -4.84. The molecular formula is C22H28F3N5O2. The molecule has 5 rings (SSSR count). The predicted octanol–water partition coefficient (Wildman–Crippen LogP) is 3.83. The molecule has 3 fully saturated rings. The number of hydrogen-bond donors (Lipinski definition) is 1. The zero-order valence-electron chi connectivity index (χ0n) is 18.3. The van der Waals surface area contributed by atoms with Gasteiger partial charge in [0.05, 0.1) is 24.9 Å². The number of alkyl halides is 3. The number of aromatic nitrogens is 3. The van der Waals surface area contributed by atoms with Gasteiger partial charge >= 0.3 is 6.36 Å². The van der Waals surface area contributed by atoms with Crippen LogP contribution in [0.5, 0.6) is 5.75 Å². The SMILES string of the molecule is CC(C)n1nc(-c2cnc(N)c(OC(F)(F)F)c2)cc1[C@H]1[C@@H]2C[C@@H](N(C)C3COC3)C[C@@H]21. The number of nitrogens with two attached hydrogens (primary N) is 1. The van der Waals surface area contributed by atoms with Crippen LogP contribution in [0.3, 0.4) is 0 Å². The number of rotatable bonds is 6. The molecule has 0 aromatic carbocycles.